The number of sulfonamides is 1. The number of hydrogen-bond acceptors (Lipinski definition) is 3. The molecule has 0 unspecified atom stereocenters. The Balaban J connectivity index is 1.65. The molecule has 0 aliphatic carbocycles. The smallest absolute Gasteiger partial charge is 0.332 e. The molecule has 0 aromatic heterocycles. The van der Waals surface area contributed by atoms with Crippen molar-refractivity contribution in [3.05, 3.63) is 83.9 Å². The summed E-state index contributed by atoms with van der Waals surface area (Å²) in [7, 11) is -4.19. The molecule has 3 aromatic rings. The van der Waals surface area contributed by atoms with Crippen LogP contribution in [0.2, 0.25) is 0 Å². The van der Waals surface area contributed by atoms with Gasteiger partial charge in [0.15, 0.2) is 5.11 Å². The van der Waals surface area contributed by atoms with E-state index < -0.39 is 39.1 Å². The number of halogens is 5. The third kappa shape index (κ3) is 5.92. The van der Waals surface area contributed by atoms with Gasteiger partial charge in [-0.3, -0.25) is 4.72 Å². The molecule has 5 nitrogen and oxygen atoms in total. The van der Waals surface area contributed by atoms with Gasteiger partial charge in [-0.1, -0.05) is 0 Å². The van der Waals surface area contributed by atoms with E-state index in [1.54, 1.807) is 0 Å². The third-order valence-electron chi connectivity index (χ3n) is 4.07. The molecule has 168 valence electrons. The van der Waals surface area contributed by atoms with Gasteiger partial charge in [0.05, 0.1) is 16.1 Å². The topological polar surface area (TPSA) is 70.2 Å². The summed E-state index contributed by atoms with van der Waals surface area (Å²) in [5, 5.41) is 5.51. The van der Waals surface area contributed by atoms with Crippen molar-refractivity contribution in [3.8, 4) is 0 Å². The Bertz CT molecular complexity index is 1230. The van der Waals surface area contributed by atoms with E-state index in [1.165, 1.54) is 36.4 Å². The summed E-state index contributed by atoms with van der Waals surface area (Å²) in [5.74, 6) is -1.74. The highest BCUT2D eigenvalue weighted by molar-refractivity contribution is 7.92. The van der Waals surface area contributed by atoms with Crippen molar-refractivity contribution in [2.45, 2.75) is 11.1 Å². The lowest BCUT2D eigenvalue weighted by Gasteiger charge is -2.13. The van der Waals surface area contributed by atoms with Crippen LogP contribution in [0.15, 0.2) is 71.6 Å². The molecule has 3 aromatic carbocycles. The first-order valence-electron chi connectivity index (χ1n) is 8.77. The van der Waals surface area contributed by atoms with E-state index >= 15 is 0 Å². The van der Waals surface area contributed by atoms with Crippen LogP contribution in [0.3, 0.4) is 0 Å². The summed E-state index contributed by atoms with van der Waals surface area (Å²) >= 11 is 5.09. The first-order chi connectivity index (χ1) is 14.9. The highest BCUT2D eigenvalue weighted by Gasteiger charge is 2.29. The predicted molar refractivity (Wildman–Crippen MR) is 115 cm³/mol. The van der Waals surface area contributed by atoms with Crippen LogP contribution in [0.4, 0.5) is 39.0 Å². The maximum Gasteiger partial charge on any atom is 0.416 e. The zero-order valence-electron chi connectivity index (χ0n) is 15.9. The maximum atomic E-state index is 13.7. The molecule has 0 spiro atoms. The molecular formula is C20H14F5N3O2S2. The molecule has 0 aliphatic rings. The van der Waals surface area contributed by atoms with E-state index in [0.29, 0.717) is 17.4 Å². The quantitative estimate of drug-likeness (QED) is 0.323. The Morgan fingerprint density at radius 2 is 1.34 bits per heavy atom. The molecule has 32 heavy (non-hydrogen) atoms. The van der Waals surface area contributed by atoms with Crippen LogP contribution >= 0.6 is 12.2 Å². The molecule has 0 saturated heterocycles. The SMILES string of the molecule is O=S(=O)(Nc1cc(F)ccc1F)c1ccc(NC(=S)Nc2ccc(C(F)(F)F)cc2)cc1. The zero-order valence-corrected chi connectivity index (χ0v) is 17.5. The highest BCUT2D eigenvalue weighted by atomic mass is 32.2. The molecule has 0 radical (unpaired) electrons. The molecular weight excluding hydrogens is 473 g/mol. The normalized spacial score (nSPS) is 11.7. The lowest BCUT2D eigenvalue weighted by atomic mass is 10.2. The zero-order chi connectivity index (χ0) is 23.5. The molecule has 0 aliphatic heterocycles. The lowest BCUT2D eigenvalue weighted by Crippen LogP contribution is -2.19. The summed E-state index contributed by atoms with van der Waals surface area (Å²) in [6.07, 6.45) is -4.45. The van der Waals surface area contributed by atoms with Crippen molar-refractivity contribution in [1.29, 1.82) is 0 Å². The molecule has 0 atom stereocenters. The minimum atomic E-state index is -4.45. The van der Waals surface area contributed by atoms with Gasteiger partial charge in [0.2, 0.25) is 0 Å². The van der Waals surface area contributed by atoms with Crippen LogP contribution < -0.4 is 15.4 Å². The Kier molecular flexibility index (Phi) is 6.65. The van der Waals surface area contributed by atoms with Crippen LogP contribution in [0.5, 0.6) is 0 Å². The van der Waals surface area contributed by atoms with E-state index in [4.69, 9.17) is 12.2 Å². The number of anilines is 3. The lowest BCUT2D eigenvalue weighted by molar-refractivity contribution is -0.137. The average molecular weight is 487 g/mol. The van der Waals surface area contributed by atoms with Gasteiger partial charge in [-0.25, -0.2) is 17.2 Å². The number of hydrogen-bond donors (Lipinski definition) is 3. The molecule has 3 N–H and O–H groups in total. The van der Waals surface area contributed by atoms with E-state index in [-0.39, 0.29) is 10.0 Å². The first-order valence-corrected chi connectivity index (χ1v) is 10.7. The van der Waals surface area contributed by atoms with Crippen LogP contribution in [0, 0.1) is 11.6 Å². The number of alkyl halides is 3. The Hall–Kier alpha value is -3.25. The number of thiocarbonyl (C=S) groups is 1. The van der Waals surface area contributed by atoms with Crippen molar-refractivity contribution < 1.29 is 30.4 Å². The van der Waals surface area contributed by atoms with Gasteiger partial charge in [-0.05, 0) is 72.9 Å². The summed E-state index contributed by atoms with van der Waals surface area (Å²) in [6.45, 7) is 0. The van der Waals surface area contributed by atoms with Crippen molar-refractivity contribution in [2.75, 3.05) is 15.4 Å². The van der Waals surface area contributed by atoms with E-state index in [2.05, 4.69) is 10.6 Å². The Labute approximate surface area is 185 Å². The summed E-state index contributed by atoms with van der Waals surface area (Å²) < 4.78 is 91.5. The second-order valence-electron chi connectivity index (χ2n) is 6.41. The van der Waals surface area contributed by atoms with Gasteiger partial charge < -0.3 is 10.6 Å². The number of nitrogens with one attached hydrogen (secondary N) is 3. The number of rotatable bonds is 5. The van der Waals surface area contributed by atoms with Crippen molar-refractivity contribution in [3.63, 3.8) is 0 Å². The van der Waals surface area contributed by atoms with Crippen molar-refractivity contribution >= 4 is 44.4 Å². The maximum absolute atomic E-state index is 13.7. The Morgan fingerprint density at radius 3 is 1.88 bits per heavy atom. The summed E-state index contributed by atoms with van der Waals surface area (Å²) in [4.78, 5) is -0.215. The van der Waals surface area contributed by atoms with Gasteiger partial charge in [0.1, 0.15) is 11.6 Å². The van der Waals surface area contributed by atoms with Gasteiger partial charge in [0.25, 0.3) is 10.0 Å². The van der Waals surface area contributed by atoms with Gasteiger partial charge in [-0.2, -0.15) is 13.2 Å². The third-order valence-corrected chi connectivity index (χ3v) is 5.65. The summed E-state index contributed by atoms with van der Waals surface area (Å²) in [6, 6.07) is 11.8. The standard InChI is InChI=1S/C20H14F5N3O2S2/c21-13-3-10-17(22)18(11-13)28-32(29,30)16-8-6-15(7-9-16)27-19(31)26-14-4-1-12(2-5-14)20(23,24)25/h1-11,28H,(H2,26,27,31). The monoisotopic (exact) mass is 487 g/mol. The highest BCUT2D eigenvalue weighted by Crippen LogP contribution is 2.30. The van der Waals surface area contributed by atoms with Crippen molar-refractivity contribution in [2.24, 2.45) is 0 Å². The fraction of sp³-hybridized carbons (Fsp3) is 0.0500. The predicted octanol–water partition coefficient (Wildman–Crippen LogP) is 5.59. The second-order valence-corrected chi connectivity index (χ2v) is 8.50. The minimum Gasteiger partial charge on any atom is -0.332 e. The molecule has 0 fully saturated rings. The van der Waals surface area contributed by atoms with Crippen LogP contribution in [0.25, 0.3) is 0 Å². The fourth-order valence-corrected chi connectivity index (χ4v) is 3.83. The number of benzene rings is 3. The molecule has 12 heteroatoms. The fourth-order valence-electron chi connectivity index (χ4n) is 2.53. The second kappa shape index (κ2) is 9.09. The van der Waals surface area contributed by atoms with E-state index in [9.17, 15) is 30.4 Å². The Morgan fingerprint density at radius 1 is 0.812 bits per heavy atom. The molecule has 3 rings (SSSR count). The first kappa shape index (κ1) is 23.4. The van der Waals surface area contributed by atoms with Crippen LogP contribution in [-0.2, 0) is 16.2 Å². The molecule has 0 bridgehead atoms. The van der Waals surface area contributed by atoms with Crippen molar-refractivity contribution in [1.82, 2.24) is 0 Å². The minimum absolute atomic E-state index is 0.0559. The van der Waals surface area contributed by atoms with Gasteiger partial charge in [0, 0.05) is 17.4 Å². The molecule has 0 heterocycles. The van der Waals surface area contributed by atoms with E-state index in [0.717, 1.165) is 24.3 Å². The largest absolute Gasteiger partial charge is 0.416 e. The molecule has 0 saturated carbocycles. The van der Waals surface area contributed by atoms with Crippen LogP contribution in [-0.4, -0.2) is 13.5 Å². The van der Waals surface area contributed by atoms with Gasteiger partial charge in [-0.15, -0.1) is 0 Å². The molecule has 0 amide bonds. The van der Waals surface area contributed by atoms with E-state index in [1.807, 2.05) is 4.72 Å². The average Bonchev–Trinajstić information content (AvgIpc) is 2.70. The van der Waals surface area contributed by atoms with Crippen LogP contribution in [0.1, 0.15) is 5.56 Å². The van der Waals surface area contributed by atoms with Gasteiger partial charge >= 0.3 is 6.18 Å². The summed E-state index contributed by atoms with van der Waals surface area (Å²) in [5.41, 5.74) is -0.638.